The molecule has 0 saturated carbocycles. The summed E-state index contributed by atoms with van der Waals surface area (Å²) in [6, 6.07) is 16.3. The van der Waals surface area contributed by atoms with Crippen molar-refractivity contribution in [3.05, 3.63) is 59.1 Å². The molecular weight excluding hydrogens is 370 g/mol. The van der Waals surface area contributed by atoms with E-state index < -0.39 is 0 Å². The Morgan fingerprint density at radius 1 is 1.32 bits per heavy atom. The van der Waals surface area contributed by atoms with Gasteiger partial charge in [-0.15, -0.1) is 11.3 Å². The van der Waals surface area contributed by atoms with Gasteiger partial charge in [0.15, 0.2) is 0 Å². The van der Waals surface area contributed by atoms with Crippen LogP contribution in [0.25, 0.3) is 10.2 Å². The molecule has 6 heteroatoms. The van der Waals surface area contributed by atoms with Gasteiger partial charge >= 0.3 is 6.03 Å². The number of benzene rings is 2. The van der Waals surface area contributed by atoms with Gasteiger partial charge in [0.25, 0.3) is 0 Å². The first-order chi connectivity index (χ1) is 13.6. The Kier molecular flexibility index (Phi) is 5.48. The first-order valence-electron chi connectivity index (χ1n) is 9.69. The second kappa shape index (κ2) is 8.19. The molecule has 2 unspecified atom stereocenters. The van der Waals surface area contributed by atoms with Crippen molar-refractivity contribution < 1.29 is 9.53 Å². The predicted octanol–water partition coefficient (Wildman–Crippen LogP) is 4.78. The molecule has 0 radical (unpaired) electrons. The molecular formula is C22H25N3O2S. The fourth-order valence-corrected chi connectivity index (χ4v) is 4.91. The van der Waals surface area contributed by atoms with Crippen molar-refractivity contribution in [3.63, 3.8) is 0 Å². The van der Waals surface area contributed by atoms with Crippen LogP contribution in [-0.4, -0.2) is 35.6 Å². The first-order valence-corrected chi connectivity index (χ1v) is 10.5. The van der Waals surface area contributed by atoms with E-state index in [4.69, 9.17) is 9.72 Å². The van der Waals surface area contributed by atoms with E-state index in [-0.39, 0.29) is 18.1 Å². The van der Waals surface area contributed by atoms with Gasteiger partial charge < -0.3 is 15.0 Å². The van der Waals surface area contributed by atoms with E-state index >= 15 is 0 Å². The Hall–Kier alpha value is -2.60. The number of nitrogens with zero attached hydrogens (tertiary/aromatic N) is 2. The van der Waals surface area contributed by atoms with Gasteiger partial charge in [-0.2, -0.15) is 0 Å². The molecule has 1 aromatic heterocycles. The quantitative estimate of drug-likeness (QED) is 0.676. The lowest BCUT2D eigenvalue weighted by Crippen LogP contribution is -2.44. The lowest BCUT2D eigenvalue weighted by Gasteiger charge is -2.25. The van der Waals surface area contributed by atoms with E-state index in [1.165, 1.54) is 4.70 Å². The fourth-order valence-electron chi connectivity index (χ4n) is 3.80. The maximum Gasteiger partial charge on any atom is 0.318 e. The van der Waals surface area contributed by atoms with Gasteiger partial charge in [0.1, 0.15) is 10.8 Å². The summed E-state index contributed by atoms with van der Waals surface area (Å²) in [7, 11) is 1.67. The number of likely N-dealkylation sites (tertiary alicyclic amines) is 1. The van der Waals surface area contributed by atoms with Crippen LogP contribution in [0.15, 0.2) is 48.5 Å². The molecule has 1 aliphatic heterocycles. The van der Waals surface area contributed by atoms with Gasteiger partial charge in [-0.05, 0) is 56.0 Å². The SMILES string of the molecule is COc1cccc(CC(C)NC(=O)N2CCCC2c2nc3ccccc3s2)c1. The molecule has 2 aromatic carbocycles. The Morgan fingerprint density at radius 2 is 2.18 bits per heavy atom. The smallest absolute Gasteiger partial charge is 0.318 e. The highest BCUT2D eigenvalue weighted by Gasteiger charge is 2.32. The van der Waals surface area contributed by atoms with Gasteiger partial charge in [-0.3, -0.25) is 0 Å². The Labute approximate surface area is 169 Å². The number of ether oxygens (including phenoxy) is 1. The lowest BCUT2D eigenvalue weighted by atomic mass is 10.1. The number of hydrogen-bond donors (Lipinski definition) is 1. The number of fused-ring (bicyclic) bond motifs is 1. The second-order valence-corrected chi connectivity index (χ2v) is 8.34. The van der Waals surface area contributed by atoms with Crippen molar-refractivity contribution in [1.82, 2.24) is 15.2 Å². The molecule has 1 N–H and O–H groups in total. The molecule has 1 aliphatic rings. The van der Waals surface area contributed by atoms with Crippen LogP contribution in [0.1, 0.15) is 36.4 Å². The zero-order valence-electron chi connectivity index (χ0n) is 16.2. The number of carbonyl (C=O) groups is 1. The molecule has 2 atom stereocenters. The van der Waals surface area contributed by atoms with E-state index in [0.29, 0.717) is 0 Å². The maximum atomic E-state index is 12.9. The average molecular weight is 396 g/mol. The highest BCUT2D eigenvalue weighted by Crippen LogP contribution is 2.36. The third-order valence-corrected chi connectivity index (χ3v) is 6.29. The number of carbonyl (C=O) groups excluding carboxylic acids is 1. The summed E-state index contributed by atoms with van der Waals surface area (Å²) < 4.78 is 6.46. The number of para-hydroxylation sites is 1. The van der Waals surface area contributed by atoms with Gasteiger partial charge in [0.05, 0.1) is 23.4 Å². The summed E-state index contributed by atoms with van der Waals surface area (Å²) in [6.45, 7) is 2.82. The molecule has 3 aromatic rings. The van der Waals surface area contributed by atoms with Crippen LogP contribution >= 0.6 is 11.3 Å². The standard InChI is InChI=1S/C22H25N3O2S/c1-15(13-16-7-5-8-17(14-16)27-2)23-22(26)25-12-6-10-19(25)21-24-18-9-3-4-11-20(18)28-21/h3-5,7-9,11,14-15,19H,6,10,12-13H2,1-2H3,(H,23,26). The van der Waals surface area contributed by atoms with Crippen LogP contribution in [0, 0.1) is 0 Å². The third kappa shape index (κ3) is 3.97. The summed E-state index contributed by atoms with van der Waals surface area (Å²) >= 11 is 1.69. The first kappa shape index (κ1) is 18.7. The topological polar surface area (TPSA) is 54.5 Å². The molecule has 1 fully saturated rings. The van der Waals surface area contributed by atoms with Gasteiger partial charge in [-0.25, -0.2) is 9.78 Å². The molecule has 4 rings (SSSR count). The highest BCUT2D eigenvalue weighted by atomic mass is 32.1. The molecule has 0 spiro atoms. The highest BCUT2D eigenvalue weighted by molar-refractivity contribution is 7.18. The van der Waals surface area contributed by atoms with Crippen LogP contribution in [0.5, 0.6) is 5.75 Å². The zero-order valence-corrected chi connectivity index (χ0v) is 17.0. The average Bonchev–Trinajstić information content (AvgIpc) is 3.34. The number of nitrogens with one attached hydrogen (secondary N) is 1. The summed E-state index contributed by atoms with van der Waals surface area (Å²) in [6.07, 6.45) is 2.75. The van der Waals surface area contributed by atoms with Crippen LogP contribution in [0.4, 0.5) is 4.79 Å². The molecule has 28 heavy (non-hydrogen) atoms. The fraction of sp³-hybridized carbons (Fsp3) is 0.364. The summed E-state index contributed by atoms with van der Waals surface area (Å²) in [5.74, 6) is 0.839. The molecule has 0 aliphatic carbocycles. The lowest BCUT2D eigenvalue weighted by molar-refractivity contribution is 0.189. The van der Waals surface area contributed by atoms with Crippen LogP contribution < -0.4 is 10.1 Å². The van der Waals surface area contributed by atoms with E-state index in [1.807, 2.05) is 48.2 Å². The number of methoxy groups -OCH3 is 1. The number of urea groups is 1. The van der Waals surface area contributed by atoms with Crippen LogP contribution in [0.3, 0.4) is 0 Å². The summed E-state index contributed by atoms with van der Waals surface area (Å²) in [4.78, 5) is 19.7. The summed E-state index contributed by atoms with van der Waals surface area (Å²) in [5, 5.41) is 4.20. The van der Waals surface area contributed by atoms with Crippen LogP contribution in [0.2, 0.25) is 0 Å². The molecule has 0 bridgehead atoms. The Balaban J connectivity index is 1.42. The minimum atomic E-state index is -0.00264. The van der Waals surface area contributed by atoms with Crippen molar-refractivity contribution in [2.75, 3.05) is 13.7 Å². The third-order valence-electron chi connectivity index (χ3n) is 5.16. The minimum absolute atomic E-state index is 0.00264. The predicted molar refractivity (Wildman–Crippen MR) is 113 cm³/mol. The molecule has 2 amide bonds. The van der Waals surface area contributed by atoms with Crippen molar-refractivity contribution in [1.29, 1.82) is 0 Å². The normalized spacial score (nSPS) is 17.6. The van der Waals surface area contributed by atoms with Crippen molar-refractivity contribution in [3.8, 4) is 5.75 Å². The Morgan fingerprint density at radius 3 is 3.00 bits per heavy atom. The van der Waals surface area contributed by atoms with E-state index in [2.05, 4.69) is 17.4 Å². The summed E-state index contributed by atoms with van der Waals surface area (Å²) in [5.41, 5.74) is 2.16. The second-order valence-electron chi connectivity index (χ2n) is 7.28. The molecule has 5 nitrogen and oxygen atoms in total. The van der Waals surface area contributed by atoms with E-state index in [0.717, 1.165) is 47.6 Å². The Bertz CT molecular complexity index is 938. The van der Waals surface area contributed by atoms with Crippen molar-refractivity contribution in [2.24, 2.45) is 0 Å². The molecule has 1 saturated heterocycles. The molecule has 146 valence electrons. The van der Waals surface area contributed by atoms with E-state index in [9.17, 15) is 4.79 Å². The largest absolute Gasteiger partial charge is 0.497 e. The number of thiazole rings is 1. The van der Waals surface area contributed by atoms with Gasteiger partial charge in [0, 0.05) is 12.6 Å². The van der Waals surface area contributed by atoms with Gasteiger partial charge in [-0.1, -0.05) is 24.3 Å². The maximum absolute atomic E-state index is 12.9. The zero-order chi connectivity index (χ0) is 19.5. The number of amides is 2. The number of aromatic nitrogens is 1. The number of hydrogen-bond acceptors (Lipinski definition) is 4. The number of rotatable bonds is 5. The van der Waals surface area contributed by atoms with Crippen molar-refractivity contribution >= 4 is 27.6 Å². The van der Waals surface area contributed by atoms with Crippen molar-refractivity contribution in [2.45, 2.75) is 38.3 Å². The monoisotopic (exact) mass is 395 g/mol. The molecule has 2 heterocycles. The minimum Gasteiger partial charge on any atom is -0.497 e. The van der Waals surface area contributed by atoms with Gasteiger partial charge in [0.2, 0.25) is 0 Å². The van der Waals surface area contributed by atoms with Crippen LogP contribution in [-0.2, 0) is 6.42 Å². The van der Waals surface area contributed by atoms with E-state index in [1.54, 1.807) is 18.4 Å².